The van der Waals surface area contributed by atoms with Crippen molar-refractivity contribution < 1.29 is 34.1 Å². The summed E-state index contributed by atoms with van der Waals surface area (Å²) in [7, 11) is 0. The van der Waals surface area contributed by atoms with Gasteiger partial charge in [0, 0.05) is 16.7 Å². The molecule has 39 heavy (non-hydrogen) atoms. The van der Waals surface area contributed by atoms with Crippen molar-refractivity contribution in [2.24, 2.45) is 0 Å². The highest BCUT2D eigenvalue weighted by atomic mass is 32.2. The smallest absolute Gasteiger partial charge is 0.412 e. The molecule has 3 aromatic carbocycles. The Morgan fingerprint density at radius 1 is 1.00 bits per heavy atom. The number of aliphatic hydroxyl groups excluding tert-OH is 1. The van der Waals surface area contributed by atoms with Gasteiger partial charge in [-0.3, -0.25) is 15.3 Å². The van der Waals surface area contributed by atoms with Crippen molar-refractivity contribution >= 4 is 29.4 Å². The Morgan fingerprint density at radius 3 is 2.44 bits per heavy atom. The van der Waals surface area contributed by atoms with E-state index in [0.29, 0.717) is 35.6 Å². The van der Waals surface area contributed by atoms with E-state index in [2.05, 4.69) is 5.32 Å². The number of carbonyl (C=O) groups is 2. The van der Waals surface area contributed by atoms with Crippen LogP contribution >= 0.6 is 11.8 Å². The number of para-hydroxylation sites is 1. The number of hydroxylamine groups is 1. The molecule has 2 amide bonds. The van der Waals surface area contributed by atoms with E-state index in [1.807, 2.05) is 36.6 Å². The van der Waals surface area contributed by atoms with E-state index in [1.54, 1.807) is 71.8 Å². The second-order valence-corrected chi connectivity index (χ2v) is 9.13. The SMILES string of the molecule is CSc1ccc(NC(=O)O[C@@H](c2cccc(OCCO)c2)[C@H](CC/C=C/C(=O)NO)Oc2ccccc2)cc1. The monoisotopic (exact) mass is 552 g/mol. The molecule has 0 aliphatic rings. The maximum atomic E-state index is 13.1. The van der Waals surface area contributed by atoms with Gasteiger partial charge < -0.3 is 19.3 Å². The highest BCUT2D eigenvalue weighted by molar-refractivity contribution is 7.98. The first kappa shape index (κ1) is 29.6. The van der Waals surface area contributed by atoms with Gasteiger partial charge >= 0.3 is 6.09 Å². The van der Waals surface area contributed by atoms with Crippen molar-refractivity contribution in [1.29, 1.82) is 0 Å². The normalized spacial score (nSPS) is 12.4. The van der Waals surface area contributed by atoms with Crippen LogP contribution in [0.2, 0.25) is 0 Å². The molecule has 9 nitrogen and oxygen atoms in total. The predicted octanol–water partition coefficient (Wildman–Crippen LogP) is 5.36. The quantitative estimate of drug-likeness (QED) is 0.0912. The van der Waals surface area contributed by atoms with Crippen LogP contribution in [0.1, 0.15) is 24.5 Å². The fourth-order valence-electron chi connectivity index (χ4n) is 3.67. The molecule has 0 bridgehead atoms. The Hall–Kier alpha value is -3.99. The van der Waals surface area contributed by atoms with Crippen LogP contribution in [0.15, 0.2) is 95.9 Å². The Labute approximate surface area is 231 Å². The van der Waals surface area contributed by atoms with Crippen molar-refractivity contribution in [3.63, 3.8) is 0 Å². The third kappa shape index (κ3) is 10.0. The first-order chi connectivity index (χ1) is 19.0. The summed E-state index contributed by atoms with van der Waals surface area (Å²) < 4.78 is 17.8. The molecule has 0 saturated heterocycles. The largest absolute Gasteiger partial charge is 0.491 e. The van der Waals surface area contributed by atoms with Gasteiger partial charge in [-0.2, -0.15) is 0 Å². The number of rotatable bonds is 14. The number of ether oxygens (including phenoxy) is 3. The molecule has 0 aliphatic carbocycles. The zero-order valence-electron chi connectivity index (χ0n) is 21.5. The lowest BCUT2D eigenvalue weighted by molar-refractivity contribution is -0.124. The Balaban J connectivity index is 1.90. The van der Waals surface area contributed by atoms with E-state index in [4.69, 9.17) is 24.5 Å². The first-order valence-corrected chi connectivity index (χ1v) is 13.5. The Bertz CT molecular complexity index is 1210. The molecule has 0 spiro atoms. The van der Waals surface area contributed by atoms with Crippen LogP contribution < -0.4 is 20.3 Å². The van der Waals surface area contributed by atoms with Gasteiger partial charge in [-0.15, -0.1) is 11.8 Å². The van der Waals surface area contributed by atoms with E-state index in [1.165, 1.54) is 6.08 Å². The highest BCUT2D eigenvalue weighted by Gasteiger charge is 2.29. The Morgan fingerprint density at radius 2 is 1.74 bits per heavy atom. The zero-order chi connectivity index (χ0) is 27.9. The van der Waals surface area contributed by atoms with E-state index < -0.39 is 24.2 Å². The molecule has 4 N–H and O–H groups in total. The summed E-state index contributed by atoms with van der Waals surface area (Å²) in [6.45, 7) is -0.0292. The summed E-state index contributed by atoms with van der Waals surface area (Å²) >= 11 is 1.60. The number of thioether (sulfide) groups is 1. The van der Waals surface area contributed by atoms with Crippen LogP contribution in [0.4, 0.5) is 10.5 Å². The number of aliphatic hydroxyl groups is 1. The van der Waals surface area contributed by atoms with Gasteiger partial charge in [0.05, 0.1) is 6.61 Å². The van der Waals surface area contributed by atoms with Crippen LogP contribution in [0.5, 0.6) is 11.5 Å². The predicted molar refractivity (Wildman–Crippen MR) is 149 cm³/mol. The lowest BCUT2D eigenvalue weighted by Gasteiger charge is -2.28. The number of anilines is 1. The number of hydrogen-bond donors (Lipinski definition) is 4. The van der Waals surface area contributed by atoms with E-state index >= 15 is 0 Å². The summed E-state index contributed by atoms with van der Waals surface area (Å²) in [6, 6.07) is 23.6. The molecule has 0 heterocycles. The molecular weight excluding hydrogens is 520 g/mol. The van der Waals surface area contributed by atoms with Gasteiger partial charge in [-0.1, -0.05) is 36.4 Å². The molecule has 0 radical (unpaired) electrons. The number of carbonyl (C=O) groups excluding carboxylic acids is 2. The van der Waals surface area contributed by atoms with E-state index in [9.17, 15) is 9.59 Å². The van der Waals surface area contributed by atoms with Crippen LogP contribution in [-0.2, 0) is 9.53 Å². The standard InChI is InChI=1S/C29H32N2O7S/c1-39-25-16-14-22(15-17-25)30-29(34)38-28(21-8-7-11-24(20-21)36-19-18-32)26(12-5-6-13-27(33)31-35)37-23-9-3-2-4-10-23/h2-4,6-11,13-17,20,26,28,32,35H,5,12,18-19H2,1H3,(H,30,34)(H,31,33)/b13-6+/t26-,28-/m0/s1. The van der Waals surface area contributed by atoms with Crippen molar-refractivity contribution in [1.82, 2.24) is 5.48 Å². The maximum absolute atomic E-state index is 13.1. The number of hydrogen-bond acceptors (Lipinski definition) is 8. The van der Waals surface area contributed by atoms with Crippen LogP contribution in [0.25, 0.3) is 0 Å². The number of nitrogens with one attached hydrogen (secondary N) is 2. The second-order valence-electron chi connectivity index (χ2n) is 8.25. The van der Waals surface area contributed by atoms with Gasteiger partial charge in [-0.25, -0.2) is 10.3 Å². The van der Waals surface area contributed by atoms with Crippen LogP contribution in [-0.4, -0.2) is 47.9 Å². The molecule has 206 valence electrons. The van der Waals surface area contributed by atoms with Gasteiger partial charge in [-0.05, 0) is 73.2 Å². The number of benzene rings is 3. The van der Waals surface area contributed by atoms with E-state index in [0.717, 1.165) is 4.90 Å². The molecule has 3 rings (SSSR count). The summed E-state index contributed by atoms with van der Waals surface area (Å²) in [6.07, 6.45) is 3.34. The average molecular weight is 553 g/mol. The molecular formula is C29H32N2O7S. The van der Waals surface area contributed by atoms with E-state index in [-0.39, 0.29) is 13.2 Å². The molecule has 0 aromatic heterocycles. The lowest BCUT2D eigenvalue weighted by Crippen LogP contribution is -2.31. The molecule has 10 heteroatoms. The number of allylic oxidation sites excluding steroid dienone is 1. The van der Waals surface area contributed by atoms with Crippen LogP contribution in [0, 0.1) is 0 Å². The zero-order valence-corrected chi connectivity index (χ0v) is 22.3. The maximum Gasteiger partial charge on any atom is 0.412 e. The van der Waals surface area contributed by atoms with Gasteiger partial charge in [0.1, 0.15) is 24.2 Å². The third-order valence-corrected chi connectivity index (χ3v) is 6.23. The summed E-state index contributed by atoms with van der Waals surface area (Å²) in [5, 5.41) is 20.7. The minimum atomic E-state index is -0.867. The highest BCUT2D eigenvalue weighted by Crippen LogP contribution is 2.31. The fraction of sp³-hybridized carbons (Fsp3) is 0.241. The van der Waals surface area contributed by atoms with Crippen molar-refractivity contribution in [2.75, 3.05) is 24.8 Å². The summed E-state index contributed by atoms with van der Waals surface area (Å²) in [5.74, 6) is 0.430. The molecule has 0 aliphatic heterocycles. The topological polar surface area (TPSA) is 126 Å². The minimum absolute atomic E-state index is 0.114. The average Bonchev–Trinajstić information content (AvgIpc) is 2.97. The van der Waals surface area contributed by atoms with Crippen molar-refractivity contribution in [3.8, 4) is 11.5 Å². The fourth-order valence-corrected chi connectivity index (χ4v) is 4.08. The summed E-state index contributed by atoms with van der Waals surface area (Å²) in [5.41, 5.74) is 2.75. The third-order valence-electron chi connectivity index (χ3n) is 5.48. The molecule has 2 atom stereocenters. The van der Waals surface area contributed by atoms with Gasteiger partial charge in [0.2, 0.25) is 0 Å². The second kappa shape index (κ2) is 16.1. The number of amides is 2. The minimum Gasteiger partial charge on any atom is -0.491 e. The molecule has 0 saturated carbocycles. The van der Waals surface area contributed by atoms with Gasteiger partial charge in [0.15, 0.2) is 6.10 Å². The van der Waals surface area contributed by atoms with Crippen LogP contribution in [0.3, 0.4) is 0 Å². The molecule has 3 aromatic rings. The molecule has 0 unspecified atom stereocenters. The summed E-state index contributed by atoms with van der Waals surface area (Å²) in [4.78, 5) is 25.5. The molecule has 0 fully saturated rings. The van der Waals surface area contributed by atoms with Gasteiger partial charge in [0.25, 0.3) is 5.91 Å². The van der Waals surface area contributed by atoms with Crippen molar-refractivity contribution in [2.45, 2.75) is 29.9 Å². The van der Waals surface area contributed by atoms with Crippen molar-refractivity contribution in [3.05, 3.63) is 96.6 Å². The first-order valence-electron chi connectivity index (χ1n) is 12.3. The lowest BCUT2D eigenvalue weighted by atomic mass is 9.99. The Kier molecular flexibility index (Phi) is 12.2.